The minimum absolute atomic E-state index is 0.357. The summed E-state index contributed by atoms with van der Waals surface area (Å²) in [6.07, 6.45) is 0. The first-order valence-electron chi connectivity index (χ1n) is 5.53. The molecule has 1 N–H and O–H groups in total. The highest BCUT2D eigenvalue weighted by atomic mass is 35.5. The monoisotopic (exact) mass is 292 g/mol. The zero-order chi connectivity index (χ0) is 12.0. The molecule has 0 saturated carbocycles. The molecule has 2 saturated heterocycles. The average Bonchev–Trinajstić information content (AvgIpc) is 2.89. The number of sulfonamides is 1. The number of hydrogen-bond donors (Lipinski definition) is 1. The molecule has 3 heterocycles. The lowest BCUT2D eigenvalue weighted by atomic mass is 10.0. The Labute approximate surface area is 110 Å². The molecule has 4 nitrogen and oxygen atoms in total. The third-order valence-electron chi connectivity index (χ3n) is 3.50. The molecule has 0 amide bonds. The summed E-state index contributed by atoms with van der Waals surface area (Å²) >= 11 is 6.92. The van der Waals surface area contributed by atoms with Crippen molar-refractivity contribution >= 4 is 33.0 Å². The lowest BCUT2D eigenvalue weighted by Gasteiger charge is -2.15. The van der Waals surface area contributed by atoms with Crippen LogP contribution in [0.4, 0.5) is 0 Å². The molecule has 0 spiro atoms. The first-order valence-corrected chi connectivity index (χ1v) is 8.17. The lowest BCUT2D eigenvalue weighted by molar-refractivity contribution is 0.449. The van der Waals surface area contributed by atoms with Crippen LogP contribution in [0.2, 0.25) is 4.34 Å². The predicted molar refractivity (Wildman–Crippen MR) is 67.9 cm³/mol. The Kier molecular flexibility index (Phi) is 2.95. The van der Waals surface area contributed by atoms with Gasteiger partial charge in [0.05, 0.1) is 4.34 Å². The number of thiophene rings is 1. The van der Waals surface area contributed by atoms with Gasteiger partial charge in [-0.2, -0.15) is 4.31 Å². The molecule has 0 bridgehead atoms. The van der Waals surface area contributed by atoms with Crippen LogP contribution in [0.25, 0.3) is 0 Å². The molecule has 94 valence electrons. The van der Waals surface area contributed by atoms with Crippen molar-refractivity contribution < 1.29 is 8.42 Å². The van der Waals surface area contributed by atoms with Gasteiger partial charge < -0.3 is 5.32 Å². The number of nitrogens with one attached hydrogen (secondary N) is 1. The molecule has 0 radical (unpaired) electrons. The van der Waals surface area contributed by atoms with Gasteiger partial charge in [-0.05, 0) is 37.1 Å². The van der Waals surface area contributed by atoms with E-state index in [1.54, 1.807) is 16.4 Å². The first-order chi connectivity index (χ1) is 8.07. The second-order valence-electron chi connectivity index (χ2n) is 4.56. The van der Waals surface area contributed by atoms with Crippen LogP contribution >= 0.6 is 22.9 Å². The van der Waals surface area contributed by atoms with Crippen LogP contribution in [0.5, 0.6) is 0 Å². The van der Waals surface area contributed by atoms with E-state index in [1.165, 1.54) is 0 Å². The Morgan fingerprint density at radius 1 is 1.29 bits per heavy atom. The second kappa shape index (κ2) is 4.20. The Balaban J connectivity index is 1.85. The largest absolute Gasteiger partial charge is 0.316 e. The van der Waals surface area contributed by atoms with Crippen molar-refractivity contribution in [2.75, 3.05) is 26.2 Å². The summed E-state index contributed by atoms with van der Waals surface area (Å²) in [4.78, 5) is 0. The zero-order valence-electron chi connectivity index (χ0n) is 9.10. The summed E-state index contributed by atoms with van der Waals surface area (Å²) in [7, 11) is -3.32. The van der Waals surface area contributed by atoms with E-state index in [0.29, 0.717) is 33.5 Å². The summed E-state index contributed by atoms with van der Waals surface area (Å²) < 4.78 is 27.1. The minimum atomic E-state index is -3.32. The van der Waals surface area contributed by atoms with Crippen LogP contribution < -0.4 is 5.32 Å². The molecule has 2 fully saturated rings. The molecular weight excluding hydrogens is 280 g/mol. The molecule has 0 aliphatic carbocycles. The molecule has 17 heavy (non-hydrogen) atoms. The van der Waals surface area contributed by atoms with Gasteiger partial charge in [-0.15, -0.1) is 11.3 Å². The van der Waals surface area contributed by atoms with Crippen molar-refractivity contribution in [1.82, 2.24) is 9.62 Å². The summed E-state index contributed by atoms with van der Waals surface area (Å²) in [5.74, 6) is 0.945. The van der Waals surface area contributed by atoms with Crippen molar-refractivity contribution in [3.63, 3.8) is 0 Å². The predicted octanol–water partition coefficient (Wildman–Crippen LogP) is 1.24. The van der Waals surface area contributed by atoms with Crippen molar-refractivity contribution in [3.8, 4) is 0 Å². The van der Waals surface area contributed by atoms with Gasteiger partial charge in [0.25, 0.3) is 10.0 Å². The maximum Gasteiger partial charge on any atom is 0.252 e. The molecule has 3 rings (SSSR count). The van der Waals surface area contributed by atoms with Gasteiger partial charge in [-0.3, -0.25) is 0 Å². The van der Waals surface area contributed by atoms with E-state index in [-0.39, 0.29) is 0 Å². The Morgan fingerprint density at radius 2 is 1.94 bits per heavy atom. The summed E-state index contributed by atoms with van der Waals surface area (Å²) in [5, 5.41) is 3.30. The number of hydrogen-bond acceptors (Lipinski definition) is 4. The molecule has 2 aliphatic rings. The number of nitrogens with zero attached hydrogens (tertiary/aromatic N) is 1. The third-order valence-corrected chi connectivity index (χ3v) is 7.03. The number of fused-ring (bicyclic) bond motifs is 1. The Bertz CT molecular complexity index is 516. The van der Waals surface area contributed by atoms with E-state index < -0.39 is 10.0 Å². The fourth-order valence-electron chi connectivity index (χ4n) is 2.57. The molecule has 2 unspecified atom stereocenters. The van der Waals surface area contributed by atoms with Crippen LogP contribution in [0.3, 0.4) is 0 Å². The quantitative estimate of drug-likeness (QED) is 0.892. The normalized spacial score (nSPS) is 29.7. The van der Waals surface area contributed by atoms with Gasteiger partial charge in [-0.25, -0.2) is 8.42 Å². The summed E-state index contributed by atoms with van der Waals surface area (Å²) in [5.41, 5.74) is 0. The van der Waals surface area contributed by atoms with Crippen LogP contribution in [0, 0.1) is 11.8 Å². The highest BCUT2D eigenvalue weighted by Crippen LogP contribution is 2.34. The molecule has 2 aliphatic heterocycles. The number of rotatable bonds is 2. The topological polar surface area (TPSA) is 49.4 Å². The number of halogens is 1. The highest BCUT2D eigenvalue weighted by Gasteiger charge is 2.41. The van der Waals surface area contributed by atoms with Crippen LogP contribution in [-0.4, -0.2) is 38.9 Å². The molecule has 2 atom stereocenters. The van der Waals surface area contributed by atoms with Gasteiger partial charge in [0.15, 0.2) is 0 Å². The summed E-state index contributed by atoms with van der Waals surface area (Å²) in [6.45, 7) is 3.13. The smallest absolute Gasteiger partial charge is 0.252 e. The van der Waals surface area contributed by atoms with E-state index in [0.717, 1.165) is 24.4 Å². The van der Waals surface area contributed by atoms with Crippen molar-refractivity contribution in [2.24, 2.45) is 11.8 Å². The van der Waals surface area contributed by atoms with Crippen molar-refractivity contribution in [1.29, 1.82) is 0 Å². The van der Waals surface area contributed by atoms with E-state index in [1.807, 2.05) is 0 Å². The fraction of sp³-hybridized carbons (Fsp3) is 0.600. The van der Waals surface area contributed by atoms with Crippen LogP contribution in [0.1, 0.15) is 0 Å². The third kappa shape index (κ3) is 2.02. The first kappa shape index (κ1) is 11.9. The lowest BCUT2D eigenvalue weighted by Crippen LogP contribution is -2.31. The van der Waals surface area contributed by atoms with Crippen LogP contribution in [-0.2, 0) is 10.0 Å². The molecule has 0 aromatic carbocycles. The standard InChI is InChI=1S/C10H13ClN2O2S2/c11-9-1-2-10(16-9)17(14,15)13-5-7-3-12-4-8(7)6-13/h1-2,7-8,12H,3-6H2. The second-order valence-corrected chi connectivity index (χ2v) is 8.44. The maximum absolute atomic E-state index is 12.3. The Morgan fingerprint density at radius 3 is 2.47 bits per heavy atom. The van der Waals surface area contributed by atoms with Gasteiger partial charge in [0.1, 0.15) is 4.21 Å². The average molecular weight is 293 g/mol. The zero-order valence-corrected chi connectivity index (χ0v) is 11.5. The van der Waals surface area contributed by atoms with E-state index in [2.05, 4.69) is 5.32 Å². The molecular formula is C10H13ClN2O2S2. The van der Waals surface area contributed by atoms with Crippen LogP contribution in [0.15, 0.2) is 16.3 Å². The van der Waals surface area contributed by atoms with E-state index in [4.69, 9.17) is 11.6 Å². The van der Waals surface area contributed by atoms with E-state index >= 15 is 0 Å². The highest BCUT2D eigenvalue weighted by molar-refractivity contribution is 7.91. The van der Waals surface area contributed by atoms with Gasteiger partial charge in [0.2, 0.25) is 0 Å². The van der Waals surface area contributed by atoms with Gasteiger partial charge in [0, 0.05) is 13.1 Å². The minimum Gasteiger partial charge on any atom is -0.316 e. The van der Waals surface area contributed by atoms with Gasteiger partial charge in [-0.1, -0.05) is 11.6 Å². The fourth-order valence-corrected chi connectivity index (χ4v) is 5.76. The van der Waals surface area contributed by atoms with Crippen molar-refractivity contribution in [3.05, 3.63) is 16.5 Å². The SMILES string of the molecule is O=S(=O)(c1ccc(Cl)s1)N1CC2CNCC2C1. The Hall–Kier alpha value is -0.140. The van der Waals surface area contributed by atoms with Crippen molar-refractivity contribution in [2.45, 2.75) is 4.21 Å². The van der Waals surface area contributed by atoms with E-state index in [9.17, 15) is 8.42 Å². The summed E-state index contributed by atoms with van der Waals surface area (Å²) in [6, 6.07) is 3.23. The van der Waals surface area contributed by atoms with Gasteiger partial charge >= 0.3 is 0 Å². The maximum atomic E-state index is 12.3. The molecule has 7 heteroatoms. The molecule has 1 aromatic rings. The molecule has 1 aromatic heterocycles.